The molecule has 1 fully saturated rings. The maximum Gasteiger partial charge on any atom is 0.260 e. The van der Waals surface area contributed by atoms with E-state index in [9.17, 15) is 4.79 Å². The number of carbonyl (C=O) groups is 1. The summed E-state index contributed by atoms with van der Waals surface area (Å²) in [4.78, 5) is 13.4. The molecular weight excluding hydrogens is 204 g/mol. The van der Waals surface area contributed by atoms with Crippen molar-refractivity contribution < 1.29 is 4.79 Å². The van der Waals surface area contributed by atoms with Crippen LogP contribution in [0.15, 0.2) is 5.10 Å². The van der Waals surface area contributed by atoms with Crippen LogP contribution in [-0.2, 0) is 4.79 Å². The lowest BCUT2D eigenvalue weighted by molar-refractivity contribution is -0.121. The van der Waals surface area contributed by atoms with Gasteiger partial charge in [0.05, 0.1) is 6.04 Å². The number of nitrogens with one attached hydrogen (secondary N) is 2. The number of halogens is 1. The summed E-state index contributed by atoms with van der Waals surface area (Å²) in [6, 6.07) is -0.0625. The van der Waals surface area contributed by atoms with Crippen LogP contribution in [0.5, 0.6) is 0 Å². The average molecular weight is 217 g/mol. The lowest BCUT2D eigenvalue weighted by atomic mass is 10.1. The Morgan fingerprint density at radius 3 is 2.93 bits per heavy atom. The molecule has 0 saturated carbocycles. The molecule has 14 heavy (non-hydrogen) atoms. The Bertz CT molecular complexity index is 252. The molecule has 2 N–H and O–H groups in total. The van der Waals surface area contributed by atoms with Crippen molar-refractivity contribution in [2.75, 3.05) is 26.2 Å². The maximum atomic E-state index is 11.2. The molecule has 5 nitrogen and oxygen atoms in total. The van der Waals surface area contributed by atoms with Gasteiger partial charge in [0.25, 0.3) is 5.91 Å². The number of alkyl halides is 1. The average Bonchev–Trinajstić information content (AvgIpc) is 2.23. The smallest absolute Gasteiger partial charge is 0.260 e. The first kappa shape index (κ1) is 9.89. The van der Waals surface area contributed by atoms with E-state index in [2.05, 4.69) is 20.7 Å². The third-order valence-corrected chi connectivity index (χ3v) is 2.98. The van der Waals surface area contributed by atoms with Crippen molar-refractivity contribution >= 4 is 23.7 Å². The van der Waals surface area contributed by atoms with Crippen molar-refractivity contribution in [2.24, 2.45) is 5.10 Å². The van der Waals surface area contributed by atoms with Crippen LogP contribution in [0.25, 0.3) is 0 Å². The molecule has 0 unspecified atom stereocenters. The summed E-state index contributed by atoms with van der Waals surface area (Å²) in [6.45, 7) is 3.70. The van der Waals surface area contributed by atoms with E-state index >= 15 is 0 Å². The molecule has 0 aromatic carbocycles. The van der Waals surface area contributed by atoms with Gasteiger partial charge in [-0.15, -0.1) is 11.6 Å². The Balaban J connectivity index is 2.04. The van der Waals surface area contributed by atoms with Gasteiger partial charge in [0.1, 0.15) is 5.38 Å². The van der Waals surface area contributed by atoms with Gasteiger partial charge in [-0.1, -0.05) is 0 Å². The fourth-order valence-corrected chi connectivity index (χ4v) is 2.00. The predicted octanol–water partition coefficient (Wildman–Crippen LogP) is -1.02. The van der Waals surface area contributed by atoms with Crippen LogP contribution in [0.1, 0.15) is 0 Å². The normalized spacial score (nSPS) is 34.2. The van der Waals surface area contributed by atoms with E-state index < -0.39 is 5.38 Å². The molecule has 6 heteroatoms. The summed E-state index contributed by atoms with van der Waals surface area (Å²) < 4.78 is 0. The van der Waals surface area contributed by atoms with Gasteiger partial charge in [-0.2, -0.15) is 5.10 Å². The summed E-state index contributed by atoms with van der Waals surface area (Å²) in [7, 11) is 0. The molecule has 2 atom stereocenters. The molecule has 0 aromatic rings. The summed E-state index contributed by atoms with van der Waals surface area (Å²) in [5, 5.41) is 6.52. The Morgan fingerprint density at radius 1 is 1.50 bits per heavy atom. The number of hydrogen-bond donors (Lipinski definition) is 2. The fraction of sp³-hybridized carbons (Fsp3) is 0.750. The number of amides is 1. The lowest BCUT2D eigenvalue weighted by Crippen LogP contribution is -2.56. The number of hydrogen-bond acceptors (Lipinski definition) is 4. The number of hydrazone groups is 1. The standard InChI is InChI=1S/C8H13ClN4O/c9-7-6(5-11-12-8(7)14)13-3-1-10-2-4-13/h5-7,10H,1-4H2,(H,12,14)/t6-,7+/m1/s1. The van der Waals surface area contributed by atoms with Crippen LogP contribution < -0.4 is 10.7 Å². The van der Waals surface area contributed by atoms with Gasteiger partial charge in [0.2, 0.25) is 0 Å². The van der Waals surface area contributed by atoms with Gasteiger partial charge in [-0.05, 0) is 0 Å². The zero-order valence-corrected chi connectivity index (χ0v) is 8.50. The van der Waals surface area contributed by atoms with Crippen LogP contribution in [0.4, 0.5) is 0 Å². The quantitative estimate of drug-likeness (QED) is 0.552. The van der Waals surface area contributed by atoms with Crippen LogP contribution in [0.2, 0.25) is 0 Å². The monoisotopic (exact) mass is 216 g/mol. The van der Waals surface area contributed by atoms with Gasteiger partial charge >= 0.3 is 0 Å². The minimum Gasteiger partial charge on any atom is -0.314 e. The zero-order chi connectivity index (χ0) is 9.97. The van der Waals surface area contributed by atoms with E-state index in [1.807, 2.05) is 0 Å². The Kier molecular flexibility index (Phi) is 3.00. The maximum absolute atomic E-state index is 11.2. The Morgan fingerprint density at radius 2 is 2.21 bits per heavy atom. The van der Waals surface area contributed by atoms with Gasteiger partial charge in [-0.3, -0.25) is 9.69 Å². The third kappa shape index (κ3) is 1.89. The molecule has 2 aliphatic rings. The van der Waals surface area contributed by atoms with E-state index in [0.717, 1.165) is 26.2 Å². The van der Waals surface area contributed by atoms with Crippen LogP contribution in [0.3, 0.4) is 0 Å². The second-order valence-corrected chi connectivity index (χ2v) is 3.90. The van der Waals surface area contributed by atoms with Crippen molar-refractivity contribution in [1.29, 1.82) is 0 Å². The van der Waals surface area contributed by atoms with Gasteiger partial charge in [0.15, 0.2) is 0 Å². The number of nitrogens with zero attached hydrogens (tertiary/aromatic N) is 2. The Labute approximate surface area is 87.5 Å². The first-order valence-corrected chi connectivity index (χ1v) is 5.14. The first-order valence-electron chi connectivity index (χ1n) is 4.71. The summed E-state index contributed by atoms with van der Waals surface area (Å²) >= 11 is 6.00. The fourth-order valence-electron chi connectivity index (χ4n) is 1.73. The van der Waals surface area contributed by atoms with Crippen molar-refractivity contribution in [3.8, 4) is 0 Å². The number of piperazine rings is 1. The highest BCUT2D eigenvalue weighted by atomic mass is 35.5. The van der Waals surface area contributed by atoms with Crippen LogP contribution >= 0.6 is 11.6 Å². The van der Waals surface area contributed by atoms with Gasteiger partial charge in [-0.25, -0.2) is 5.43 Å². The van der Waals surface area contributed by atoms with Crippen molar-refractivity contribution in [3.63, 3.8) is 0 Å². The van der Waals surface area contributed by atoms with Crippen molar-refractivity contribution in [1.82, 2.24) is 15.6 Å². The van der Waals surface area contributed by atoms with E-state index in [4.69, 9.17) is 11.6 Å². The van der Waals surface area contributed by atoms with Gasteiger partial charge < -0.3 is 5.32 Å². The molecule has 78 valence electrons. The molecule has 0 bridgehead atoms. The molecule has 1 saturated heterocycles. The second kappa shape index (κ2) is 4.25. The summed E-state index contributed by atoms with van der Waals surface area (Å²) in [5.74, 6) is -0.210. The minimum atomic E-state index is -0.523. The molecule has 2 rings (SSSR count). The van der Waals surface area contributed by atoms with E-state index in [1.54, 1.807) is 6.21 Å². The van der Waals surface area contributed by atoms with Crippen molar-refractivity contribution in [3.05, 3.63) is 0 Å². The first-order chi connectivity index (χ1) is 6.79. The molecule has 1 amide bonds. The molecule has 0 radical (unpaired) electrons. The molecule has 2 aliphatic heterocycles. The SMILES string of the molecule is O=C1NN=C[C@@H](N2CCNCC2)[C@@H]1Cl. The highest BCUT2D eigenvalue weighted by Crippen LogP contribution is 2.13. The topological polar surface area (TPSA) is 56.7 Å². The lowest BCUT2D eigenvalue weighted by Gasteiger charge is -2.35. The largest absolute Gasteiger partial charge is 0.314 e. The van der Waals surface area contributed by atoms with Crippen LogP contribution in [0, 0.1) is 0 Å². The van der Waals surface area contributed by atoms with Crippen LogP contribution in [-0.4, -0.2) is 54.6 Å². The molecule has 2 heterocycles. The van der Waals surface area contributed by atoms with E-state index in [-0.39, 0.29) is 11.9 Å². The number of carbonyl (C=O) groups excluding carboxylic acids is 1. The highest BCUT2D eigenvalue weighted by molar-refractivity contribution is 6.32. The molecule has 0 spiro atoms. The zero-order valence-electron chi connectivity index (χ0n) is 7.74. The predicted molar refractivity (Wildman–Crippen MR) is 54.5 cm³/mol. The minimum absolute atomic E-state index is 0.0625. The number of rotatable bonds is 1. The molecule has 0 aliphatic carbocycles. The van der Waals surface area contributed by atoms with E-state index in [1.165, 1.54) is 0 Å². The molecule has 0 aromatic heterocycles. The molecular formula is C8H13ClN4O. The van der Waals surface area contributed by atoms with Crippen molar-refractivity contribution in [2.45, 2.75) is 11.4 Å². The summed E-state index contributed by atoms with van der Waals surface area (Å²) in [6.07, 6.45) is 1.71. The second-order valence-electron chi connectivity index (χ2n) is 3.43. The summed E-state index contributed by atoms with van der Waals surface area (Å²) in [5.41, 5.74) is 2.36. The highest BCUT2D eigenvalue weighted by Gasteiger charge is 2.33. The van der Waals surface area contributed by atoms with Gasteiger partial charge in [0, 0.05) is 32.4 Å². The Hall–Kier alpha value is -0.650. The van der Waals surface area contributed by atoms with E-state index in [0.29, 0.717) is 0 Å². The third-order valence-electron chi connectivity index (χ3n) is 2.53.